The molecule has 4 heteroatoms. The molecule has 0 bridgehead atoms. The van der Waals surface area contributed by atoms with Crippen molar-refractivity contribution in [3.8, 4) is 5.69 Å². The number of benzene rings is 2. The van der Waals surface area contributed by atoms with Crippen LogP contribution in [0.1, 0.15) is 40.1 Å². The smallest absolute Gasteiger partial charge is 0.0835 e. The summed E-state index contributed by atoms with van der Waals surface area (Å²) in [6.45, 7) is 6.58. The van der Waals surface area contributed by atoms with Crippen molar-refractivity contribution < 1.29 is 0 Å². The minimum Gasteiger partial charge on any atom is -0.292 e. The van der Waals surface area contributed by atoms with Crippen molar-refractivity contribution in [1.82, 2.24) is 14.7 Å². The molecule has 1 atom stereocenters. The molecule has 5 rings (SSSR count). The van der Waals surface area contributed by atoms with E-state index in [4.69, 9.17) is 16.7 Å². The average Bonchev–Trinajstić information content (AvgIpc) is 3.25. The Balaban J connectivity index is 1.43. The minimum absolute atomic E-state index is 0.590. The zero-order chi connectivity index (χ0) is 18.5. The lowest BCUT2D eigenvalue weighted by Gasteiger charge is -2.30. The third kappa shape index (κ3) is 2.81. The summed E-state index contributed by atoms with van der Waals surface area (Å²) in [7, 11) is 0. The first-order valence-electron chi connectivity index (χ1n) is 9.75. The summed E-state index contributed by atoms with van der Waals surface area (Å²) in [5.74, 6) is 0. The molecule has 3 nitrogen and oxygen atoms in total. The van der Waals surface area contributed by atoms with Gasteiger partial charge in [0, 0.05) is 24.8 Å². The predicted molar refractivity (Wildman–Crippen MR) is 110 cm³/mol. The molecule has 3 aromatic rings. The van der Waals surface area contributed by atoms with Crippen LogP contribution in [-0.2, 0) is 25.9 Å². The summed E-state index contributed by atoms with van der Waals surface area (Å²) in [5.41, 5.74) is 9.34. The summed E-state index contributed by atoms with van der Waals surface area (Å²) in [6.07, 6.45) is 3.31. The number of hydrogen-bond acceptors (Lipinski definition) is 2. The highest BCUT2D eigenvalue weighted by molar-refractivity contribution is 6.32. The molecule has 2 aliphatic rings. The molecule has 0 saturated heterocycles. The molecule has 1 aromatic heterocycles. The highest BCUT2D eigenvalue weighted by Crippen LogP contribution is 2.34. The van der Waals surface area contributed by atoms with E-state index < -0.39 is 0 Å². The number of aromatic nitrogens is 2. The second-order valence-electron chi connectivity index (χ2n) is 7.89. The Morgan fingerprint density at radius 3 is 2.67 bits per heavy atom. The summed E-state index contributed by atoms with van der Waals surface area (Å²) in [4.78, 5) is 2.66. The van der Waals surface area contributed by atoms with Gasteiger partial charge in [-0.3, -0.25) is 4.90 Å². The molecule has 0 spiro atoms. The predicted octanol–water partition coefficient (Wildman–Crippen LogP) is 5.02. The van der Waals surface area contributed by atoms with E-state index in [9.17, 15) is 0 Å². The number of fused-ring (bicyclic) bond motifs is 2. The molecule has 0 fully saturated rings. The van der Waals surface area contributed by atoms with Crippen molar-refractivity contribution in [2.75, 3.05) is 0 Å². The van der Waals surface area contributed by atoms with Gasteiger partial charge in [-0.1, -0.05) is 41.9 Å². The first-order valence-corrected chi connectivity index (χ1v) is 10.1. The van der Waals surface area contributed by atoms with Gasteiger partial charge in [0.1, 0.15) is 0 Å². The molecule has 138 valence electrons. The van der Waals surface area contributed by atoms with Crippen LogP contribution in [0.5, 0.6) is 0 Å². The van der Waals surface area contributed by atoms with Gasteiger partial charge < -0.3 is 0 Å². The molecule has 1 aliphatic carbocycles. The fraction of sp³-hybridized carbons (Fsp3) is 0.348. The molecular weight excluding hydrogens is 354 g/mol. The van der Waals surface area contributed by atoms with E-state index in [2.05, 4.69) is 36.9 Å². The maximum atomic E-state index is 6.42. The quantitative estimate of drug-likeness (QED) is 0.625. The Bertz CT molecular complexity index is 1020. The van der Waals surface area contributed by atoms with Crippen molar-refractivity contribution in [3.05, 3.63) is 81.1 Å². The van der Waals surface area contributed by atoms with E-state index in [0.29, 0.717) is 6.04 Å². The van der Waals surface area contributed by atoms with Crippen LogP contribution in [-0.4, -0.2) is 20.7 Å². The van der Waals surface area contributed by atoms with Crippen LogP contribution in [0.4, 0.5) is 0 Å². The van der Waals surface area contributed by atoms with E-state index in [1.165, 1.54) is 40.1 Å². The van der Waals surface area contributed by atoms with Crippen LogP contribution in [0.2, 0.25) is 5.02 Å². The van der Waals surface area contributed by atoms with E-state index in [-0.39, 0.29) is 0 Å². The highest BCUT2D eigenvalue weighted by atomic mass is 35.5. The summed E-state index contributed by atoms with van der Waals surface area (Å²) in [5, 5.41) is 5.66. The van der Waals surface area contributed by atoms with Gasteiger partial charge in [0.25, 0.3) is 0 Å². The fourth-order valence-corrected chi connectivity index (χ4v) is 4.96. The normalized spacial score (nSPS) is 19.1. The van der Waals surface area contributed by atoms with E-state index in [1.807, 2.05) is 28.9 Å². The first kappa shape index (κ1) is 17.0. The zero-order valence-electron chi connectivity index (χ0n) is 15.9. The first-order chi connectivity index (χ1) is 13.1. The molecule has 0 amide bonds. The topological polar surface area (TPSA) is 21.1 Å². The van der Waals surface area contributed by atoms with Crippen LogP contribution in [0.15, 0.2) is 42.5 Å². The number of nitrogens with zero attached hydrogens (tertiary/aromatic N) is 3. The van der Waals surface area contributed by atoms with Gasteiger partial charge in [-0.15, -0.1) is 0 Å². The maximum absolute atomic E-state index is 6.42. The maximum Gasteiger partial charge on any atom is 0.0835 e. The standard InChI is InChI=1S/C23H24ClN3/c1-15-6-5-7-17-13-26(14-20(15)17)18-10-11-22-19(12-18)16(2)27(25-22)23-9-4-3-8-21(23)24/h3-9,18H,10-14H2,1-2H3. The Kier molecular flexibility index (Phi) is 4.10. The van der Waals surface area contributed by atoms with Gasteiger partial charge >= 0.3 is 0 Å². The second kappa shape index (κ2) is 6.50. The number of aryl methyl sites for hydroxylation is 2. The summed E-state index contributed by atoms with van der Waals surface area (Å²) < 4.78 is 2.04. The van der Waals surface area contributed by atoms with Crippen molar-refractivity contribution >= 4 is 11.6 Å². The van der Waals surface area contributed by atoms with Crippen molar-refractivity contribution in [2.45, 2.75) is 52.2 Å². The van der Waals surface area contributed by atoms with E-state index in [1.54, 1.807) is 0 Å². The number of halogens is 1. The number of para-hydroxylation sites is 1. The average molecular weight is 378 g/mol. The number of hydrogen-bond donors (Lipinski definition) is 0. The lowest BCUT2D eigenvalue weighted by atomic mass is 9.91. The highest BCUT2D eigenvalue weighted by Gasteiger charge is 2.32. The monoisotopic (exact) mass is 377 g/mol. The fourth-order valence-electron chi connectivity index (χ4n) is 4.74. The largest absolute Gasteiger partial charge is 0.292 e. The molecular formula is C23H24ClN3. The molecule has 2 aromatic carbocycles. The molecule has 0 radical (unpaired) electrons. The van der Waals surface area contributed by atoms with Gasteiger partial charge in [0.2, 0.25) is 0 Å². The zero-order valence-corrected chi connectivity index (χ0v) is 16.6. The molecule has 0 N–H and O–H groups in total. The van der Waals surface area contributed by atoms with Crippen LogP contribution in [0.3, 0.4) is 0 Å². The molecule has 2 heterocycles. The van der Waals surface area contributed by atoms with Gasteiger partial charge in [-0.25, -0.2) is 4.68 Å². The van der Waals surface area contributed by atoms with Crippen LogP contribution >= 0.6 is 11.6 Å². The minimum atomic E-state index is 0.590. The lowest BCUT2D eigenvalue weighted by molar-refractivity contribution is 0.181. The van der Waals surface area contributed by atoms with E-state index in [0.717, 1.165) is 36.6 Å². The third-order valence-corrected chi connectivity index (χ3v) is 6.64. The molecule has 0 saturated carbocycles. The van der Waals surface area contributed by atoms with Crippen LogP contribution in [0.25, 0.3) is 5.69 Å². The Morgan fingerprint density at radius 1 is 1.00 bits per heavy atom. The second-order valence-corrected chi connectivity index (χ2v) is 8.30. The van der Waals surface area contributed by atoms with Crippen molar-refractivity contribution in [3.63, 3.8) is 0 Å². The van der Waals surface area contributed by atoms with Gasteiger partial charge in [0.05, 0.1) is 16.4 Å². The third-order valence-electron chi connectivity index (χ3n) is 6.32. The van der Waals surface area contributed by atoms with Crippen molar-refractivity contribution in [1.29, 1.82) is 0 Å². The Morgan fingerprint density at radius 2 is 1.85 bits per heavy atom. The Hall–Kier alpha value is -2.10. The van der Waals surface area contributed by atoms with Crippen LogP contribution in [0, 0.1) is 13.8 Å². The molecule has 27 heavy (non-hydrogen) atoms. The van der Waals surface area contributed by atoms with Crippen molar-refractivity contribution in [2.24, 2.45) is 0 Å². The molecule has 1 unspecified atom stereocenters. The summed E-state index contributed by atoms with van der Waals surface area (Å²) in [6, 6.07) is 15.3. The lowest BCUT2D eigenvalue weighted by Crippen LogP contribution is -2.35. The number of rotatable bonds is 2. The molecule has 1 aliphatic heterocycles. The Labute approximate surface area is 165 Å². The van der Waals surface area contributed by atoms with Gasteiger partial charge in [0.15, 0.2) is 0 Å². The van der Waals surface area contributed by atoms with E-state index >= 15 is 0 Å². The van der Waals surface area contributed by atoms with Crippen LogP contribution < -0.4 is 0 Å². The van der Waals surface area contributed by atoms with Gasteiger partial charge in [-0.2, -0.15) is 5.10 Å². The SMILES string of the molecule is Cc1cccc2c1CN(C1CCc3nn(-c4ccccc4Cl)c(C)c3C1)C2. The summed E-state index contributed by atoms with van der Waals surface area (Å²) >= 11 is 6.42. The van der Waals surface area contributed by atoms with Gasteiger partial charge in [-0.05, 0) is 67.5 Å².